The second-order valence-electron chi connectivity index (χ2n) is 7.81. The van der Waals surface area contributed by atoms with Gasteiger partial charge >= 0.3 is 0 Å². The van der Waals surface area contributed by atoms with Crippen LogP contribution in [0.15, 0.2) is 54.6 Å². The second-order valence-corrected chi connectivity index (χ2v) is 7.81. The Morgan fingerprint density at radius 3 is 2.48 bits per heavy atom. The quantitative estimate of drug-likeness (QED) is 0.496. The van der Waals surface area contributed by atoms with E-state index in [1.165, 1.54) is 0 Å². The third-order valence-corrected chi connectivity index (χ3v) is 5.52. The Bertz CT molecular complexity index is 1260. The molecule has 6 nitrogen and oxygen atoms in total. The van der Waals surface area contributed by atoms with Gasteiger partial charge in [0.25, 0.3) is 5.91 Å². The lowest BCUT2D eigenvalue weighted by Gasteiger charge is -2.16. The van der Waals surface area contributed by atoms with Crippen LogP contribution >= 0.6 is 0 Å². The van der Waals surface area contributed by atoms with E-state index in [-0.39, 0.29) is 5.91 Å². The summed E-state index contributed by atoms with van der Waals surface area (Å²) in [6, 6.07) is 17.5. The molecule has 2 aromatic heterocycles. The number of carbonyl (C=O) groups is 1. The molecule has 2 aromatic carbocycles. The first-order chi connectivity index (χ1) is 14.8. The molecule has 1 unspecified atom stereocenters. The van der Waals surface area contributed by atoms with Gasteiger partial charge in [-0.05, 0) is 69.5 Å². The van der Waals surface area contributed by atoms with Gasteiger partial charge in [-0.1, -0.05) is 30.3 Å². The third-order valence-electron chi connectivity index (χ3n) is 5.52. The van der Waals surface area contributed by atoms with Crippen LogP contribution in [0, 0.1) is 27.7 Å². The number of hydrogen-bond acceptors (Lipinski definition) is 4. The number of para-hydroxylation sites is 1. The standard InChI is InChI=1S/C25H26N4O2/c1-15-10-9-13-21(17(15)3)26-25(30)19(5)31-22-14-16(2)23-18(4)28-29(24(23)27-22)20-11-7-6-8-12-20/h6-14,19H,1-5H3,(H,26,30). The average molecular weight is 415 g/mol. The number of ether oxygens (including phenoxy) is 1. The van der Waals surface area contributed by atoms with E-state index >= 15 is 0 Å². The van der Waals surface area contributed by atoms with Crippen molar-refractivity contribution < 1.29 is 9.53 Å². The van der Waals surface area contributed by atoms with Crippen LogP contribution in [-0.2, 0) is 4.79 Å². The van der Waals surface area contributed by atoms with Crippen LogP contribution < -0.4 is 10.1 Å². The summed E-state index contributed by atoms with van der Waals surface area (Å²) in [5.41, 5.74) is 6.49. The average Bonchev–Trinajstić information content (AvgIpc) is 3.08. The maximum Gasteiger partial charge on any atom is 0.265 e. The molecule has 158 valence electrons. The molecule has 2 heterocycles. The molecule has 0 aliphatic rings. The summed E-state index contributed by atoms with van der Waals surface area (Å²) in [7, 11) is 0. The van der Waals surface area contributed by atoms with Gasteiger partial charge in [0.1, 0.15) is 0 Å². The van der Waals surface area contributed by atoms with Gasteiger partial charge in [0, 0.05) is 17.1 Å². The highest BCUT2D eigenvalue weighted by Crippen LogP contribution is 2.27. The summed E-state index contributed by atoms with van der Waals surface area (Å²) in [6.07, 6.45) is -0.710. The van der Waals surface area contributed by atoms with Crippen molar-refractivity contribution in [2.75, 3.05) is 5.32 Å². The van der Waals surface area contributed by atoms with Crippen LogP contribution in [0.5, 0.6) is 5.88 Å². The Balaban J connectivity index is 1.62. The van der Waals surface area contributed by atoms with E-state index < -0.39 is 6.10 Å². The number of anilines is 1. The molecule has 0 aliphatic heterocycles. The minimum Gasteiger partial charge on any atom is -0.464 e. The molecule has 6 heteroatoms. The number of fused-ring (bicyclic) bond motifs is 1. The number of rotatable bonds is 5. The zero-order valence-corrected chi connectivity index (χ0v) is 18.4. The van der Waals surface area contributed by atoms with E-state index in [0.717, 1.165) is 39.1 Å². The highest BCUT2D eigenvalue weighted by atomic mass is 16.5. The van der Waals surface area contributed by atoms with E-state index in [0.29, 0.717) is 11.5 Å². The smallest absolute Gasteiger partial charge is 0.265 e. The molecule has 0 aliphatic carbocycles. The zero-order valence-electron chi connectivity index (χ0n) is 18.4. The van der Waals surface area contributed by atoms with Crippen molar-refractivity contribution in [3.05, 3.63) is 77.0 Å². The van der Waals surface area contributed by atoms with Crippen molar-refractivity contribution in [3.63, 3.8) is 0 Å². The SMILES string of the molecule is Cc1cccc(NC(=O)C(C)Oc2cc(C)c3c(C)nn(-c4ccccc4)c3n2)c1C. The molecule has 0 saturated carbocycles. The first-order valence-corrected chi connectivity index (χ1v) is 10.3. The number of nitrogens with zero attached hydrogens (tertiary/aromatic N) is 3. The van der Waals surface area contributed by atoms with Crippen LogP contribution in [0.25, 0.3) is 16.7 Å². The van der Waals surface area contributed by atoms with Crippen LogP contribution in [-0.4, -0.2) is 26.8 Å². The monoisotopic (exact) mass is 414 g/mol. The Morgan fingerprint density at radius 1 is 1.00 bits per heavy atom. The molecule has 1 atom stereocenters. The maximum absolute atomic E-state index is 12.7. The predicted molar refractivity (Wildman–Crippen MR) is 123 cm³/mol. The molecule has 1 N–H and O–H groups in total. The van der Waals surface area contributed by atoms with Crippen LogP contribution in [0.1, 0.15) is 29.3 Å². The van der Waals surface area contributed by atoms with Gasteiger partial charge in [-0.3, -0.25) is 4.79 Å². The number of aryl methyl sites for hydroxylation is 3. The number of nitrogens with one attached hydrogen (secondary N) is 1. The highest BCUT2D eigenvalue weighted by molar-refractivity contribution is 5.95. The first-order valence-electron chi connectivity index (χ1n) is 10.3. The number of aromatic nitrogens is 3. The molecule has 0 fully saturated rings. The number of carbonyl (C=O) groups excluding carboxylic acids is 1. The fourth-order valence-corrected chi connectivity index (χ4v) is 3.64. The van der Waals surface area contributed by atoms with Gasteiger partial charge in [0.2, 0.25) is 5.88 Å². The summed E-state index contributed by atoms with van der Waals surface area (Å²) in [6.45, 7) is 9.70. The van der Waals surface area contributed by atoms with E-state index in [9.17, 15) is 4.79 Å². The van der Waals surface area contributed by atoms with Crippen molar-refractivity contribution in [2.45, 2.75) is 40.7 Å². The molecule has 1 amide bonds. The fraction of sp³-hybridized carbons (Fsp3) is 0.240. The highest BCUT2D eigenvalue weighted by Gasteiger charge is 2.19. The summed E-state index contributed by atoms with van der Waals surface area (Å²) < 4.78 is 7.75. The van der Waals surface area contributed by atoms with Gasteiger partial charge in [0.15, 0.2) is 11.8 Å². The van der Waals surface area contributed by atoms with Crippen molar-refractivity contribution in [1.82, 2.24) is 14.8 Å². The van der Waals surface area contributed by atoms with Gasteiger partial charge in [-0.25, -0.2) is 4.68 Å². The second kappa shape index (κ2) is 8.22. The lowest BCUT2D eigenvalue weighted by Crippen LogP contribution is -2.30. The molecule has 31 heavy (non-hydrogen) atoms. The predicted octanol–water partition coefficient (Wildman–Crippen LogP) is 5.06. The van der Waals surface area contributed by atoms with Crippen LogP contribution in [0.2, 0.25) is 0 Å². The minimum absolute atomic E-state index is 0.221. The van der Waals surface area contributed by atoms with Crippen molar-refractivity contribution in [1.29, 1.82) is 0 Å². The lowest BCUT2D eigenvalue weighted by molar-refractivity contribution is -0.122. The summed E-state index contributed by atoms with van der Waals surface area (Å²) in [4.78, 5) is 17.4. The summed E-state index contributed by atoms with van der Waals surface area (Å²) in [5.74, 6) is 0.173. The Morgan fingerprint density at radius 2 is 1.74 bits per heavy atom. The minimum atomic E-state index is -0.710. The largest absolute Gasteiger partial charge is 0.464 e. The summed E-state index contributed by atoms with van der Waals surface area (Å²) >= 11 is 0. The maximum atomic E-state index is 12.7. The molecule has 0 spiro atoms. The molecule has 4 rings (SSSR count). The molecule has 4 aromatic rings. The molecule has 0 radical (unpaired) electrons. The number of benzene rings is 2. The topological polar surface area (TPSA) is 69.0 Å². The van der Waals surface area contributed by atoms with E-state index in [1.54, 1.807) is 6.92 Å². The molecular weight excluding hydrogens is 388 g/mol. The van der Waals surface area contributed by atoms with E-state index in [4.69, 9.17) is 9.72 Å². The van der Waals surface area contributed by atoms with Crippen molar-refractivity contribution in [2.24, 2.45) is 0 Å². The van der Waals surface area contributed by atoms with Gasteiger partial charge in [-0.15, -0.1) is 0 Å². The Hall–Kier alpha value is -3.67. The van der Waals surface area contributed by atoms with Crippen molar-refractivity contribution in [3.8, 4) is 11.6 Å². The summed E-state index contributed by atoms with van der Waals surface area (Å²) in [5, 5.41) is 8.61. The number of pyridine rings is 1. The first kappa shape index (κ1) is 20.6. The van der Waals surface area contributed by atoms with Gasteiger partial charge in [-0.2, -0.15) is 10.1 Å². The fourth-order valence-electron chi connectivity index (χ4n) is 3.64. The zero-order chi connectivity index (χ0) is 22.1. The molecule has 0 bridgehead atoms. The van der Waals surface area contributed by atoms with Gasteiger partial charge in [0.05, 0.1) is 11.4 Å². The van der Waals surface area contributed by atoms with Crippen molar-refractivity contribution >= 4 is 22.6 Å². The third kappa shape index (κ3) is 4.01. The normalized spacial score (nSPS) is 12.0. The van der Waals surface area contributed by atoms with Crippen LogP contribution in [0.4, 0.5) is 5.69 Å². The van der Waals surface area contributed by atoms with E-state index in [1.807, 2.05) is 87.0 Å². The van der Waals surface area contributed by atoms with Gasteiger partial charge < -0.3 is 10.1 Å². The van der Waals surface area contributed by atoms with E-state index in [2.05, 4.69) is 10.4 Å². The molecular formula is C25H26N4O2. The Labute approximate surface area is 181 Å². The lowest BCUT2D eigenvalue weighted by atomic mass is 10.1. The molecule has 0 saturated heterocycles. The number of amides is 1. The van der Waals surface area contributed by atoms with Crippen LogP contribution in [0.3, 0.4) is 0 Å². The Kier molecular flexibility index (Phi) is 5.46. The number of hydrogen-bond donors (Lipinski definition) is 1.